The van der Waals surface area contributed by atoms with E-state index in [1.54, 1.807) is 0 Å². The summed E-state index contributed by atoms with van der Waals surface area (Å²) in [5.74, 6) is 0. The van der Waals surface area contributed by atoms with Gasteiger partial charge in [0.1, 0.15) is 5.52 Å². The number of aromatic nitrogens is 2. The van der Waals surface area contributed by atoms with E-state index < -0.39 is 0 Å². The maximum atomic E-state index is 5.48. The van der Waals surface area contributed by atoms with Crippen LogP contribution in [0.2, 0.25) is 0 Å². The number of H-pyrrole nitrogens is 1. The molecule has 0 amide bonds. The van der Waals surface area contributed by atoms with E-state index in [1.165, 1.54) is 0 Å². The van der Waals surface area contributed by atoms with Gasteiger partial charge in [0.25, 0.3) is 4.84 Å². The number of nitrogens with one attached hydrogen (secondary N) is 1. The van der Waals surface area contributed by atoms with Gasteiger partial charge in [0, 0.05) is 5.39 Å². The minimum atomic E-state index is 0.395. The van der Waals surface area contributed by atoms with Crippen LogP contribution in [0.15, 0.2) is 28.7 Å². The Morgan fingerprint density at radius 1 is 1.33 bits per heavy atom. The predicted octanol–water partition coefficient (Wildman–Crippen LogP) is 3.35. The van der Waals surface area contributed by atoms with Crippen LogP contribution in [0.25, 0.3) is 22.0 Å². The van der Waals surface area contributed by atoms with Crippen molar-refractivity contribution in [1.82, 2.24) is 9.97 Å². The molecule has 0 radical (unpaired) electrons. The molecule has 4 heteroatoms. The predicted molar refractivity (Wildman–Crippen MR) is 61.4 cm³/mol. The van der Waals surface area contributed by atoms with Crippen LogP contribution in [0.3, 0.4) is 0 Å². The summed E-state index contributed by atoms with van der Waals surface area (Å²) in [6.45, 7) is 1.94. The van der Waals surface area contributed by atoms with Gasteiger partial charge in [-0.05, 0) is 31.3 Å². The standard InChI is InChI=1S/C11H8N2OS/c1-6-9-10(14-11(15)13-9)7-4-2-3-5-8(7)12-6/h2-5H,1H3,(H,13,15). The highest BCUT2D eigenvalue weighted by Crippen LogP contribution is 2.25. The minimum absolute atomic E-state index is 0.395. The third kappa shape index (κ3) is 1.18. The Balaban J connectivity index is 2.69. The number of fused-ring (bicyclic) bond motifs is 3. The lowest BCUT2D eigenvalue weighted by Gasteiger charge is -1.99. The van der Waals surface area contributed by atoms with Crippen LogP contribution in [0.1, 0.15) is 5.69 Å². The number of rotatable bonds is 0. The molecule has 15 heavy (non-hydrogen) atoms. The highest BCUT2D eigenvalue weighted by molar-refractivity contribution is 7.71. The molecule has 0 bridgehead atoms. The van der Waals surface area contributed by atoms with Gasteiger partial charge < -0.3 is 9.40 Å². The van der Waals surface area contributed by atoms with Gasteiger partial charge in [-0.3, -0.25) is 4.98 Å². The van der Waals surface area contributed by atoms with E-state index in [4.69, 9.17) is 16.6 Å². The smallest absolute Gasteiger partial charge is 0.266 e. The van der Waals surface area contributed by atoms with Gasteiger partial charge in [0.05, 0.1) is 11.2 Å². The quantitative estimate of drug-likeness (QED) is 0.586. The number of benzene rings is 1. The second-order valence-corrected chi connectivity index (χ2v) is 3.80. The SMILES string of the molecule is Cc1nc2ccccc2c2oc(=S)[nH]c12. The second kappa shape index (κ2) is 2.90. The lowest BCUT2D eigenvalue weighted by molar-refractivity contribution is 0.586. The molecule has 0 unspecified atom stereocenters. The zero-order valence-electron chi connectivity index (χ0n) is 8.07. The van der Waals surface area contributed by atoms with E-state index in [1.807, 2.05) is 31.2 Å². The molecule has 1 N–H and O–H groups in total. The first-order valence-electron chi connectivity index (χ1n) is 4.64. The molecule has 0 saturated heterocycles. The van der Waals surface area contributed by atoms with Crippen LogP contribution in [0, 0.1) is 11.8 Å². The maximum Gasteiger partial charge on any atom is 0.266 e. The highest BCUT2D eigenvalue weighted by Gasteiger charge is 2.08. The maximum absolute atomic E-state index is 5.48. The summed E-state index contributed by atoms with van der Waals surface area (Å²) in [4.78, 5) is 7.88. The van der Waals surface area contributed by atoms with E-state index >= 15 is 0 Å². The van der Waals surface area contributed by atoms with E-state index in [0.29, 0.717) is 4.84 Å². The van der Waals surface area contributed by atoms with Gasteiger partial charge in [0.2, 0.25) is 0 Å². The van der Waals surface area contributed by atoms with Crippen molar-refractivity contribution in [3.8, 4) is 0 Å². The van der Waals surface area contributed by atoms with E-state index in [9.17, 15) is 0 Å². The topological polar surface area (TPSA) is 41.8 Å². The van der Waals surface area contributed by atoms with Gasteiger partial charge in [-0.2, -0.15) is 0 Å². The normalized spacial score (nSPS) is 11.3. The van der Waals surface area contributed by atoms with Crippen LogP contribution in [0.4, 0.5) is 0 Å². The van der Waals surface area contributed by atoms with Gasteiger partial charge >= 0.3 is 0 Å². The third-order valence-corrected chi connectivity index (χ3v) is 2.63. The Morgan fingerprint density at radius 2 is 2.13 bits per heavy atom. The summed E-state index contributed by atoms with van der Waals surface area (Å²) >= 11 is 4.99. The molecule has 0 aliphatic rings. The fourth-order valence-electron chi connectivity index (χ4n) is 1.77. The number of oxazole rings is 1. The molecule has 3 nitrogen and oxygen atoms in total. The van der Waals surface area contributed by atoms with Crippen molar-refractivity contribution in [2.45, 2.75) is 6.92 Å². The number of nitrogens with zero attached hydrogens (tertiary/aromatic N) is 1. The molecule has 1 aromatic carbocycles. The van der Waals surface area contributed by atoms with Crippen LogP contribution >= 0.6 is 12.2 Å². The van der Waals surface area contributed by atoms with Crippen LogP contribution in [-0.4, -0.2) is 9.97 Å². The molecule has 0 fully saturated rings. The van der Waals surface area contributed by atoms with Gasteiger partial charge in [0.15, 0.2) is 5.58 Å². The minimum Gasteiger partial charge on any atom is -0.429 e. The Labute approximate surface area is 90.8 Å². The average molecular weight is 216 g/mol. The molecule has 0 aliphatic heterocycles. The molecular weight excluding hydrogens is 208 g/mol. The summed E-state index contributed by atoms with van der Waals surface area (Å²) in [5.41, 5.74) is 3.52. The lowest BCUT2D eigenvalue weighted by atomic mass is 10.2. The van der Waals surface area contributed by atoms with Crippen molar-refractivity contribution in [3.63, 3.8) is 0 Å². The lowest BCUT2D eigenvalue weighted by Crippen LogP contribution is -1.85. The summed E-state index contributed by atoms with van der Waals surface area (Å²) in [6, 6.07) is 7.87. The number of pyridine rings is 1. The Hall–Kier alpha value is -1.68. The van der Waals surface area contributed by atoms with E-state index in [-0.39, 0.29) is 0 Å². The van der Waals surface area contributed by atoms with Crippen molar-refractivity contribution < 1.29 is 4.42 Å². The number of hydrogen-bond acceptors (Lipinski definition) is 3. The Morgan fingerprint density at radius 3 is 3.00 bits per heavy atom. The van der Waals surface area contributed by atoms with Crippen LogP contribution in [-0.2, 0) is 0 Å². The van der Waals surface area contributed by atoms with Gasteiger partial charge in [-0.1, -0.05) is 12.1 Å². The van der Waals surface area contributed by atoms with Crippen LogP contribution in [0.5, 0.6) is 0 Å². The van der Waals surface area contributed by atoms with E-state index in [2.05, 4.69) is 9.97 Å². The first-order valence-corrected chi connectivity index (χ1v) is 5.05. The molecule has 0 spiro atoms. The van der Waals surface area contributed by atoms with Crippen molar-refractivity contribution >= 4 is 34.2 Å². The van der Waals surface area contributed by atoms with Crippen LogP contribution < -0.4 is 0 Å². The number of aromatic amines is 1. The molecular formula is C11H8N2OS. The number of para-hydroxylation sites is 1. The molecule has 3 aromatic rings. The largest absolute Gasteiger partial charge is 0.429 e. The fraction of sp³-hybridized carbons (Fsp3) is 0.0909. The molecule has 0 saturated carbocycles. The first kappa shape index (κ1) is 8.61. The molecule has 0 atom stereocenters. The summed E-state index contributed by atoms with van der Waals surface area (Å²) in [6.07, 6.45) is 0. The molecule has 2 heterocycles. The number of aryl methyl sites for hydroxylation is 1. The molecule has 2 aromatic heterocycles. The van der Waals surface area contributed by atoms with Gasteiger partial charge in [-0.15, -0.1) is 0 Å². The van der Waals surface area contributed by atoms with Crippen molar-refractivity contribution in [1.29, 1.82) is 0 Å². The average Bonchev–Trinajstić information content (AvgIpc) is 2.61. The second-order valence-electron chi connectivity index (χ2n) is 3.43. The molecule has 0 aliphatic carbocycles. The summed E-state index contributed by atoms with van der Waals surface area (Å²) in [7, 11) is 0. The molecule has 74 valence electrons. The Kier molecular flexibility index (Phi) is 1.67. The Bertz CT molecular complexity index is 711. The fourth-order valence-corrected chi connectivity index (χ4v) is 1.96. The van der Waals surface area contributed by atoms with Crippen molar-refractivity contribution in [2.24, 2.45) is 0 Å². The molecule has 3 rings (SSSR count). The number of hydrogen-bond donors (Lipinski definition) is 1. The monoisotopic (exact) mass is 216 g/mol. The summed E-state index contributed by atoms with van der Waals surface area (Å²) in [5, 5.41) is 0.991. The zero-order valence-corrected chi connectivity index (χ0v) is 8.89. The highest BCUT2D eigenvalue weighted by atomic mass is 32.1. The third-order valence-electron chi connectivity index (χ3n) is 2.45. The first-order chi connectivity index (χ1) is 7.25. The summed E-state index contributed by atoms with van der Waals surface area (Å²) < 4.78 is 5.48. The zero-order chi connectivity index (χ0) is 10.4. The van der Waals surface area contributed by atoms with Crippen molar-refractivity contribution in [2.75, 3.05) is 0 Å². The van der Waals surface area contributed by atoms with Crippen molar-refractivity contribution in [3.05, 3.63) is 34.8 Å². The van der Waals surface area contributed by atoms with E-state index in [0.717, 1.165) is 27.7 Å². The van der Waals surface area contributed by atoms with Gasteiger partial charge in [-0.25, -0.2) is 0 Å².